The Balaban J connectivity index is 1.76. The summed E-state index contributed by atoms with van der Waals surface area (Å²) in [6.45, 7) is 3.92. The molecule has 0 saturated carbocycles. The minimum atomic E-state index is -0.506. The van der Waals surface area contributed by atoms with Gasteiger partial charge in [0.2, 0.25) is 0 Å². The topological polar surface area (TPSA) is 65.1 Å². The van der Waals surface area contributed by atoms with Crippen molar-refractivity contribution < 1.29 is 9.90 Å². The molecule has 1 amide bonds. The first-order chi connectivity index (χ1) is 11.4. The highest BCUT2D eigenvalue weighted by molar-refractivity contribution is 6.31. The van der Waals surface area contributed by atoms with E-state index in [1.165, 1.54) is 0 Å². The normalized spacial score (nSPS) is 12.5. The summed E-state index contributed by atoms with van der Waals surface area (Å²) in [6.07, 6.45) is -0.506. The van der Waals surface area contributed by atoms with E-state index in [1.807, 2.05) is 38.1 Å². The molecule has 0 spiro atoms. The van der Waals surface area contributed by atoms with Crippen LogP contribution in [0.3, 0.4) is 0 Å². The van der Waals surface area contributed by atoms with Crippen molar-refractivity contribution in [1.82, 2.24) is 4.98 Å². The van der Waals surface area contributed by atoms with E-state index in [0.717, 1.165) is 16.5 Å². The van der Waals surface area contributed by atoms with E-state index in [2.05, 4.69) is 10.3 Å². The lowest BCUT2D eigenvalue weighted by Crippen LogP contribution is -2.12. The van der Waals surface area contributed by atoms with Crippen LogP contribution in [0.2, 0.25) is 5.02 Å². The number of fused-ring (bicyclic) bond motifs is 1. The summed E-state index contributed by atoms with van der Waals surface area (Å²) in [6, 6.07) is 14.4. The van der Waals surface area contributed by atoms with Crippen LogP contribution < -0.4 is 5.32 Å². The Kier molecular flexibility index (Phi) is 4.60. The Morgan fingerprint density at radius 2 is 1.83 bits per heavy atom. The summed E-state index contributed by atoms with van der Waals surface area (Å²) in [4.78, 5) is 15.4. The van der Waals surface area contributed by atoms with Crippen molar-refractivity contribution in [2.24, 2.45) is 5.92 Å². The molecule has 0 radical (unpaired) electrons. The van der Waals surface area contributed by atoms with Gasteiger partial charge in [0.15, 0.2) is 0 Å². The fourth-order valence-corrected chi connectivity index (χ4v) is 2.75. The molecule has 1 unspecified atom stereocenters. The first-order valence-electron chi connectivity index (χ1n) is 7.81. The second-order valence-electron chi connectivity index (χ2n) is 6.18. The molecule has 0 saturated heterocycles. The summed E-state index contributed by atoms with van der Waals surface area (Å²) < 4.78 is 0. The Morgan fingerprint density at radius 1 is 1.12 bits per heavy atom. The number of nitrogens with one attached hydrogen (secondary N) is 2. The zero-order valence-corrected chi connectivity index (χ0v) is 14.3. The van der Waals surface area contributed by atoms with Crippen LogP contribution in [0, 0.1) is 5.92 Å². The van der Waals surface area contributed by atoms with E-state index in [1.54, 1.807) is 24.3 Å². The minimum absolute atomic E-state index is 0.142. The van der Waals surface area contributed by atoms with E-state index >= 15 is 0 Å². The van der Waals surface area contributed by atoms with Gasteiger partial charge >= 0.3 is 0 Å². The molecule has 1 heterocycles. The molecule has 3 N–H and O–H groups in total. The van der Waals surface area contributed by atoms with Gasteiger partial charge in [-0.3, -0.25) is 4.79 Å². The first kappa shape index (κ1) is 16.6. The third-order valence-electron chi connectivity index (χ3n) is 3.97. The van der Waals surface area contributed by atoms with E-state index in [-0.39, 0.29) is 11.8 Å². The summed E-state index contributed by atoms with van der Waals surface area (Å²) in [7, 11) is 0. The molecular weight excluding hydrogens is 324 g/mol. The van der Waals surface area contributed by atoms with Crippen LogP contribution in [-0.2, 0) is 0 Å². The number of hydrogen-bond acceptors (Lipinski definition) is 2. The van der Waals surface area contributed by atoms with E-state index in [0.29, 0.717) is 16.4 Å². The van der Waals surface area contributed by atoms with Gasteiger partial charge in [0, 0.05) is 21.6 Å². The number of carbonyl (C=O) groups is 1. The fraction of sp³-hybridized carbons (Fsp3) is 0.211. The Labute approximate surface area is 145 Å². The van der Waals surface area contributed by atoms with Gasteiger partial charge in [0.25, 0.3) is 5.91 Å². The van der Waals surface area contributed by atoms with Gasteiger partial charge in [-0.15, -0.1) is 0 Å². The molecule has 4 nitrogen and oxygen atoms in total. The summed E-state index contributed by atoms with van der Waals surface area (Å²) in [5, 5.41) is 14.4. The van der Waals surface area contributed by atoms with Crippen LogP contribution in [0.5, 0.6) is 0 Å². The number of benzene rings is 2. The van der Waals surface area contributed by atoms with Crippen LogP contribution in [0.4, 0.5) is 5.69 Å². The van der Waals surface area contributed by atoms with Crippen molar-refractivity contribution in [3.05, 3.63) is 64.8 Å². The highest BCUT2D eigenvalue weighted by atomic mass is 35.5. The molecule has 0 aliphatic heterocycles. The zero-order valence-electron chi connectivity index (χ0n) is 13.5. The molecule has 1 atom stereocenters. The van der Waals surface area contributed by atoms with Gasteiger partial charge in [-0.1, -0.05) is 37.6 Å². The molecule has 1 aromatic heterocycles. The molecule has 0 fully saturated rings. The third-order valence-corrected chi connectivity index (χ3v) is 4.20. The number of aromatic amines is 1. The summed E-state index contributed by atoms with van der Waals surface area (Å²) in [5.74, 6) is -0.0805. The van der Waals surface area contributed by atoms with Crippen molar-refractivity contribution in [1.29, 1.82) is 0 Å². The summed E-state index contributed by atoms with van der Waals surface area (Å²) >= 11 is 5.96. The lowest BCUT2D eigenvalue weighted by molar-refractivity contribution is 0.102. The second kappa shape index (κ2) is 6.67. The highest BCUT2D eigenvalue weighted by Crippen LogP contribution is 2.24. The largest absolute Gasteiger partial charge is 0.388 e. The number of rotatable bonds is 4. The molecule has 0 bridgehead atoms. The number of amides is 1. The lowest BCUT2D eigenvalue weighted by atomic mass is 9.99. The van der Waals surface area contributed by atoms with Gasteiger partial charge < -0.3 is 15.4 Å². The predicted octanol–water partition coefficient (Wildman–Crippen LogP) is 4.76. The van der Waals surface area contributed by atoms with Gasteiger partial charge in [-0.2, -0.15) is 0 Å². The predicted molar refractivity (Wildman–Crippen MR) is 97.5 cm³/mol. The molecule has 0 aliphatic rings. The van der Waals surface area contributed by atoms with Crippen LogP contribution >= 0.6 is 11.6 Å². The number of carbonyl (C=O) groups excluding carboxylic acids is 1. The quantitative estimate of drug-likeness (QED) is 0.639. The Morgan fingerprint density at radius 3 is 2.50 bits per heavy atom. The molecule has 5 heteroatoms. The van der Waals surface area contributed by atoms with Gasteiger partial charge in [0.1, 0.15) is 5.69 Å². The first-order valence-corrected chi connectivity index (χ1v) is 8.19. The molecule has 3 rings (SSSR count). The average Bonchev–Trinajstić information content (AvgIpc) is 2.98. The van der Waals surface area contributed by atoms with Crippen molar-refractivity contribution in [3.63, 3.8) is 0 Å². The SMILES string of the molecule is CC(C)C(O)c1ccc(NC(=O)c2cc3cc(Cl)ccc3[nH]2)cc1. The van der Waals surface area contributed by atoms with Crippen LogP contribution in [0.25, 0.3) is 10.9 Å². The van der Waals surface area contributed by atoms with Crippen LogP contribution in [-0.4, -0.2) is 16.0 Å². The maximum atomic E-state index is 12.4. The van der Waals surface area contributed by atoms with Crippen molar-refractivity contribution in [2.45, 2.75) is 20.0 Å². The fourth-order valence-electron chi connectivity index (χ4n) is 2.57. The maximum Gasteiger partial charge on any atom is 0.272 e. The maximum absolute atomic E-state index is 12.4. The third kappa shape index (κ3) is 3.45. The van der Waals surface area contributed by atoms with Crippen molar-refractivity contribution in [2.75, 3.05) is 5.32 Å². The number of anilines is 1. The number of aromatic nitrogens is 1. The number of aliphatic hydroxyl groups is 1. The minimum Gasteiger partial charge on any atom is -0.388 e. The van der Waals surface area contributed by atoms with Crippen molar-refractivity contribution >= 4 is 34.1 Å². The number of aliphatic hydroxyl groups excluding tert-OH is 1. The smallest absolute Gasteiger partial charge is 0.272 e. The van der Waals surface area contributed by atoms with Gasteiger partial charge in [-0.25, -0.2) is 0 Å². The van der Waals surface area contributed by atoms with E-state index in [9.17, 15) is 9.90 Å². The van der Waals surface area contributed by atoms with E-state index < -0.39 is 6.10 Å². The molecule has 124 valence electrons. The second-order valence-corrected chi connectivity index (χ2v) is 6.62. The van der Waals surface area contributed by atoms with Gasteiger partial charge in [-0.05, 0) is 47.9 Å². The van der Waals surface area contributed by atoms with Crippen molar-refractivity contribution in [3.8, 4) is 0 Å². The Hall–Kier alpha value is -2.30. The monoisotopic (exact) mass is 342 g/mol. The van der Waals surface area contributed by atoms with E-state index in [4.69, 9.17) is 11.6 Å². The number of H-pyrrole nitrogens is 1. The number of hydrogen-bond donors (Lipinski definition) is 3. The molecule has 24 heavy (non-hydrogen) atoms. The molecular formula is C19H19ClN2O2. The standard InChI is InChI=1S/C19H19ClN2O2/c1-11(2)18(23)12-3-6-15(7-4-12)21-19(24)17-10-13-9-14(20)5-8-16(13)22-17/h3-11,18,22-23H,1-2H3,(H,21,24). The average molecular weight is 343 g/mol. The van der Waals surface area contributed by atoms with Crippen LogP contribution in [0.1, 0.15) is 36.0 Å². The van der Waals surface area contributed by atoms with Crippen LogP contribution in [0.15, 0.2) is 48.5 Å². The van der Waals surface area contributed by atoms with Gasteiger partial charge in [0.05, 0.1) is 6.10 Å². The number of halogens is 1. The molecule has 3 aromatic rings. The highest BCUT2D eigenvalue weighted by Gasteiger charge is 2.13. The summed E-state index contributed by atoms with van der Waals surface area (Å²) in [5.41, 5.74) is 2.85. The lowest BCUT2D eigenvalue weighted by Gasteiger charge is -2.15. The molecule has 2 aromatic carbocycles. The Bertz CT molecular complexity index is 869. The molecule has 0 aliphatic carbocycles. The zero-order chi connectivity index (χ0) is 17.3.